The SMILES string of the molecule is COc1ccc(CCN(C)c2cc(-c3ccccc3)nc(SCc3cccc(C(=O)NCc4ccco4)c3)n2)cc1OC. The Hall–Kier alpha value is -4.76. The van der Waals surface area contributed by atoms with Crippen LogP contribution >= 0.6 is 11.8 Å². The largest absolute Gasteiger partial charge is 0.493 e. The highest BCUT2D eigenvalue weighted by atomic mass is 32.2. The molecule has 0 aliphatic rings. The van der Waals surface area contributed by atoms with E-state index in [2.05, 4.69) is 28.4 Å². The van der Waals surface area contributed by atoms with Crippen molar-refractivity contribution in [3.05, 3.63) is 120 Å². The van der Waals surface area contributed by atoms with Gasteiger partial charge in [0.05, 0.1) is 32.7 Å². The van der Waals surface area contributed by atoms with Crippen LogP contribution < -0.4 is 19.7 Å². The summed E-state index contributed by atoms with van der Waals surface area (Å²) >= 11 is 1.54. The van der Waals surface area contributed by atoms with E-state index in [0.717, 1.165) is 41.2 Å². The van der Waals surface area contributed by atoms with Crippen LogP contribution in [0.3, 0.4) is 0 Å². The zero-order valence-electron chi connectivity index (χ0n) is 24.4. The van der Waals surface area contributed by atoms with Crippen LogP contribution in [0.1, 0.15) is 27.2 Å². The smallest absolute Gasteiger partial charge is 0.251 e. The highest BCUT2D eigenvalue weighted by Gasteiger charge is 2.13. The molecular formula is C34H34N4O4S. The Labute approximate surface area is 256 Å². The molecule has 0 aliphatic heterocycles. The molecule has 0 aliphatic carbocycles. The quantitative estimate of drug-likeness (QED) is 0.120. The van der Waals surface area contributed by atoms with Crippen molar-refractivity contribution in [1.29, 1.82) is 0 Å². The predicted octanol–water partition coefficient (Wildman–Crippen LogP) is 6.66. The first-order chi connectivity index (χ1) is 21.0. The normalized spacial score (nSPS) is 10.8. The molecule has 0 saturated carbocycles. The fourth-order valence-electron chi connectivity index (χ4n) is 4.51. The summed E-state index contributed by atoms with van der Waals surface area (Å²) in [5.41, 5.74) is 4.63. The molecule has 0 saturated heterocycles. The lowest BCUT2D eigenvalue weighted by molar-refractivity contribution is 0.0948. The molecule has 0 bridgehead atoms. The summed E-state index contributed by atoms with van der Waals surface area (Å²) in [7, 11) is 5.32. The Balaban J connectivity index is 1.30. The number of anilines is 1. The number of thioether (sulfide) groups is 1. The minimum absolute atomic E-state index is 0.149. The first kappa shape index (κ1) is 29.7. The number of hydrogen-bond acceptors (Lipinski definition) is 8. The third-order valence-electron chi connectivity index (χ3n) is 6.90. The number of benzene rings is 3. The molecule has 1 N–H and O–H groups in total. The van der Waals surface area contributed by atoms with Gasteiger partial charge in [0.1, 0.15) is 11.6 Å². The molecule has 43 heavy (non-hydrogen) atoms. The van der Waals surface area contributed by atoms with E-state index in [4.69, 9.17) is 23.9 Å². The summed E-state index contributed by atoms with van der Waals surface area (Å²) in [5.74, 6) is 3.44. The lowest BCUT2D eigenvalue weighted by Gasteiger charge is -2.20. The predicted molar refractivity (Wildman–Crippen MR) is 170 cm³/mol. The van der Waals surface area contributed by atoms with Gasteiger partial charge in [0.25, 0.3) is 5.91 Å². The lowest BCUT2D eigenvalue weighted by Crippen LogP contribution is -2.22. The second kappa shape index (κ2) is 14.4. The monoisotopic (exact) mass is 594 g/mol. The van der Waals surface area contributed by atoms with Crippen LogP contribution in [0.25, 0.3) is 11.3 Å². The first-order valence-corrected chi connectivity index (χ1v) is 14.9. The maximum absolute atomic E-state index is 12.7. The number of hydrogen-bond donors (Lipinski definition) is 1. The van der Waals surface area contributed by atoms with Crippen molar-refractivity contribution in [2.45, 2.75) is 23.9 Å². The number of methoxy groups -OCH3 is 2. The van der Waals surface area contributed by atoms with Gasteiger partial charge in [-0.1, -0.05) is 60.3 Å². The molecule has 0 atom stereocenters. The molecule has 5 rings (SSSR count). The number of ether oxygens (including phenoxy) is 2. The van der Waals surface area contributed by atoms with Gasteiger partial charge < -0.3 is 24.1 Å². The van der Waals surface area contributed by atoms with Crippen molar-refractivity contribution in [2.24, 2.45) is 0 Å². The van der Waals surface area contributed by atoms with E-state index in [1.807, 2.05) is 73.8 Å². The summed E-state index contributed by atoms with van der Waals surface area (Å²) in [6.07, 6.45) is 2.40. The van der Waals surface area contributed by atoms with Crippen LogP contribution in [0.4, 0.5) is 5.82 Å². The summed E-state index contributed by atoms with van der Waals surface area (Å²) in [4.78, 5) is 24.6. The molecule has 2 aromatic heterocycles. The summed E-state index contributed by atoms with van der Waals surface area (Å²) in [6, 6.07) is 29.4. The van der Waals surface area contributed by atoms with E-state index in [9.17, 15) is 4.79 Å². The fourth-order valence-corrected chi connectivity index (χ4v) is 5.31. The second-order valence-electron chi connectivity index (χ2n) is 9.87. The van der Waals surface area contributed by atoms with E-state index < -0.39 is 0 Å². The molecule has 0 unspecified atom stereocenters. The third kappa shape index (κ3) is 7.96. The molecule has 9 heteroatoms. The Kier molecular flexibility index (Phi) is 9.97. The summed E-state index contributed by atoms with van der Waals surface area (Å²) < 4.78 is 16.2. The molecule has 0 spiro atoms. The second-order valence-corrected chi connectivity index (χ2v) is 10.8. The summed E-state index contributed by atoms with van der Waals surface area (Å²) in [5, 5.41) is 3.57. The van der Waals surface area contributed by atoms with Gasteiger partial charge in [-0.05, 0) is 53.9 Å². The van der Waals surface area contributed by atoms with Gasteiger partial charge in [-0.25, -0.2) is 9.97 Å². The Morgan fingerprint density at radius 1 is 0.884 bits per heavy atom. The van der Waals surface area contributed by atoms with Gasteiger partial charge in [0, 0.05) is 36.5 Å². The zero-order chi connectivity index (χ0) is 30.0. The van der Waals surface area contributed by atoms with E-state index >= 15 is 0 Å². The van der Waals surface area contributed by atoms with Crippen molar-refractivity contribution in [2.75, 3.05) is 32.7 Å². The highest BCUT2D eigenvalue weighted by molar-refractivity contribution is 7.98. The number of nitrogens with one attached hydrogen (secondary N) is 1. The molecule has 3 aromatic carbocycles. The van der Waals surface area contributed by atoms with Crippen LogP contribution in [0.2, 0.25) is 0 Å². The summed E-state index contributed by atoms with van der Waals surface area (Å²) in [6.45, 7) is 1.09. The molecule has 220 valence electrons. The molecule has 0 fully saturated rings. The number of carbonyl (C=O) groups excluding carboxylic acids is 1. The molecule has 8 nitrogen and oxygen atoms in total. The molecule has 0 radical (unpaired) electrons. The molecule has 5 aromatic rings. The number of carbonyl (C=O) groups is 1. The third-order valence-corrected chi connectivity index (χ3v) is 7.82. The molecule has 2 heterocycles. The van der Waals surface area contributed by atoms with Crippen molar-refractivity contribution < 1.29 is 18.7 Å². The lowest BCUT2D eigenvalue weighted by atomic mass is 10.1. The van der Waals surface area contributed by atoms with Crippen LogP contribution in [-0.4, -0.2) is 43.7 Å². The van der Waals surface area contributed by atoms with Crippen LogP contribution in [0.5, 0.6) is 11.5 Å². The van der Waals surface area contributed by atoms with Gasteiger partial charge in [0.15, 0.2) is 16.7 Å². The Bertz CT molecular complexity index is 1640. The van der Waals surface area contributed by atoms with Gasteiger partial charge in [-0.3, -0.25) is 4.79 Å². The molecular weight excluding hydrogens is 560 g/mol. The van der Waals surface area contributed by atoms with Gasteiger partial charge in [-0.2, -0.15) is 0 Å². The number of likely N-dealkylation sites (N-methyl/N-ethyl adjacent to an activating group) is 1. The average Bonchev–Trinajstić information content (AvgIpc) is 3.59. The van der Waals surface area contributed by atoms with Crippen molar-refractivity contribution in [3.8, 4) is 22.8 Å². The van der Waals surface area contributed by atoms with Crippen LogP contribution in [-0.2, 0) is 18.7 Å². The minimum Gasteiger partial charge on any atom is -0.493 e. The van der Waals surface area contributed by atoms with E-state index in [1.54, 1.807) is 38.3 Å². The van der Waals surface area contributed by atoms with Crippen LogP contribution in [0.15, 0.2) is 107 Å². The average molecular weight is 595 g/mol. The fraction of sp³-hybridized carbons (Fsp3) is 0.206. The zero-order valence-corrected chi connectivity index (χ0v) is 25.3. The number of amides is 1. The number of furan rings is 1. The minimum atomic E-state index is -0.149. The number of nitrogens with zero attached hydrogens (tertiary/aromatic N) is 3. The van der Waals surface area contributed by atoms with Crippen LogP contribution in [0, 0.1) is 0 Å². The standard InChI is InChI=1S/C34H34N4O4S/c1-38(17-16-24-14-15-30(40-2)31(20-24)41-3)32-21-29(26-10-5-4-6-11-26)36-34(37-32)43-23-25-9-7-12-27(19-25)33(39)35-22-28-13-8-18-42-28/h4-15,18-21H,16-17,22-23H2,1-3H3,(H,35,39). The van der Waals surface area contributed by atoms with Gasteiger partial charge in [0.2, 0.25) is 0 Å². The van der Waals surface area contributed by atoms with Crippen molar-refractivity contribution >= 4 is 23.5 Å². The Morgan fingerprint density at radius 3 is 2.49 bits per heavy atom. The molecule has 1 amide bonds. The number of rotatable bonds is 13. The van der Waals surface area contributed by atoms with Crippen molar-refractivity contribution in [3.63, 3.8) is 0 Å². The van der Waals surface area contributed by atoms with E-state index in [1.165, 1.54) is 0 Å². The van der Waals surface area contributed by atoms with Gasteiger partial charge >= 0.3 is 0 Å². The highest BCUT2D eigenvalue weighted by Crippen LogP contribution is 2.29. The van der Waals surface area contributed by atoms with Gasteiger partial charge in [-0.15, -0.1) is 0 Å². The number of aromatic nitrogens is 2. The first-order valence-electron chi connectivity index (χ1n) is 13.9. The van der Waals surface area contributed by atoms with E-state index in [-0.39, 0.29) is 5.91 Å². The maximum atomic E-state index is 12.7. The van der Waals surface area contributed by atoms with E-state index in [0.29, 0.717) is 40.3 Å². The Morgan fingerprint density at radius 2 is 1.72 bits per heavy atom. The topological polar surface area (TPSA) is 89.7 Å². The van der Waals surface area contributed by atoms with Crippen molar-refractivity contribution in [1.82, 2.24) is 15.3 Å². The maximum Gasteiger partial charge on any atom is 0.251 e.